The average Bonchev–Trinajstić information content (AvgIpc) is 3.76. The third kappa shape index (κ3) is 3.33. The normalized spacial score (nSPS) is 25.6. The van der Waals surface area contributed by atoms with E-state index in [2.05, 4.69) is 37.3 Å². The van der Waals surface area contributed by atoms with Gasteiger partial charge in [-0.05, 0) is 69.2 Å². The Morgan fingerprint density at radius 2 is 1.92 bits per heavy atom. The number of nitrogens with one attached hydrogen (secondary N) is 1. The van der Waals surface area contributed by atoms with Gasteiger partial charge in [0.25, 0.3) is 0 Å². The van der Waals surface area contributed by atoms with E-state index in [9.17, 15) is 9.90 Å². The van der Waals surface area contributed by atoms with Crippen LogP contribution < -0.4 is 11.1 Å². The number of anilines is 1. The molecule has 9 nitrogen and oxygen atoms in total. The van der Waals surface area contributed by atoms with E-state index in [1.807, 2.05) is 35.0 Å². The van der Waals surface area contributed by atoms with Gasteiger partial charge in [0.1, 0.15) is 11.8 Å². The van der Waals surface area contributed by atoms with E-state index < -0.39 is 11.0 Å². The molecule has 4 aromatic rings. The smallest absolute Gasteiger partial charge is 0.231 e. The van der Waals surface area contributed by atoms with E-state index >= 15 is 0 Å². The number of aromatic nitrogens is 5. The number of benzene rings is 1. The van der Waals surface area contributed by atoms with Gasteiger partial charge in [-0.1, -0.05) is 18.2 Å². The SMILES string of the molecule is CC1(O)CC(C(=O)NC2CC2)(c2cccc(-c3cc(-c4ccnn4C4CC4)c4c(N)ncnn34)c2)C1. The molecule has 36 heavy (non-hydrogen) atoms. The highest BCUT2D eigenvalue weighted by Gasteiger charge is 2.57. The Kier molecular flexibility index (Phi) is 4.43. The number of hydrogen-bond donors (Lipinski definition) is 3. The third-order valence-corrected chi connectivity index (χ3v) is 7.85. The second-order valence-corrected chi connectivity index (χ2v) is 11.0. The summed E-state index contributed by atoms with van der Waals surface area (Å²) >= 11 is 0. The molecule has 0 bridgehead atoms. The molecule has 3 aromatic heterocycles. The van der Waals surface area contributed by atoms with Gasteiger partial charge in [0.05, 0.1) is 28.4 Å². The number of amides is 1. The summed E-state index contributed by atoms with van der Waals surface area (Å²) in [5.74, 6) is 0.413. The number of hydrogen-bond acceptors (Lipinski definition) is 6. The summed E-state index contributed by atoms with van der Waals surface area (Å²) in [7, 11) is 0. The number of carbonyl (C=O) groups excluding carboxylic acids is 1. The van der Waals surface area contributed by atoms with Crippen LogP contribution in [0.1, 0.15) is 57.1 Å². The Morgan fingerprint density at radius 3 is 2.64 bits per heavy atom. The minimum absolute atomic E-state index is 0.00860. The molecule has 1 aromatic carbocycles. The molecule has 3 fully saturated rings. The highest BCUT2D eigenvalue weighted by atomic mass is 16.3. The molecule has 0 saturated heterocycles. The van der Waals surface area contributed by atoms with Crippen molar-refractivity contribution >= 4 is 17.2 Å². The fraction of sp³-hybridized carbons (Fsp3) is 0.407. The van der Waals surface area contributed by atoms with Gasteiger partial charge in [-0.3, -0.25) is 9.48 Å². The predicted octanol–water partition coefficient (Wildman–Crippen LogP) is 3.24. The highest BCUT2D eigenvalue weighted by molar-refractivity contribution is 5.92. The minimum Gasteiger partial charge on any atom is -0.390 e. The standard InChI is InChI=1S/C27H29N7O2/c1-26(36)13-27(14-26,25(35)32-18-5-6-18)17-4-2-3-16(11-17)22-12-20(23-24(28)29-15-31-34(22)23)21-9-10-30-33(21)19-7-8-19/h2-4,9-12,15,18-19,36H,5-8,13-14H2,1H3,(H,32,35)(H2,28,29,31). The molecule has 0 spiro atoms. The van der Waals surface area contributed by atoms with Gasteiger partial charge in [-0.2, -0.15) is 10.2 Å². The van der Waals surface area contributed by atoms with Crippen molar-refractivity contribution in [2.45, 2.75) is 68.5 Å². The Bertz CT molecular complexity index is 1500. The summed E-state index contributed by atoms with van der Waals surface area (Å²) in [6.45, 7) is 1.80. The molecule has 3 heterocycles. The molecular weight excluding hydrogens is 454 g/mol. The Hall–Kier alpha value is -3.72. The average molecular weight is 484 g/mol. The zero-order valence-electron chi connectivity index (χ0n) is 20.2. The quantitative estimate of drug-likeness (QED) is 0.387. The molecular formula is C27H29N7O2. The van der Waals surface area contributed by atoms with Crippen LogP contribution in [0.5, 0.6) is 0 Å². The molecule has 1 amide bonds. The molecule has 3 saturated carbocycles. The minimum atomic E-state index is -0.852. The molecule has 9 heteroatoms. The number of fused-ring (bicyclic) bond motifs is 1. The molecule has 3 aliphatic rings. The second kappa shape index (κ2) is 7.39. The van der Waals surface area contributed by atoms with Crippen LogP contribution in [-0.4, -0.2) is 47.0 Å². The predicted molar refractivity (Wildman–Crippen MR) is 135 cm³/mol. The lowest BCUT2D eigenvalue weighted by Gasteiger charge is -2.51. The Labute approximate surface area is 208 Å². The lowest BCUT2D eigenvalue weighted by Crippen LogP contribution is -2.60. The first-order valence-electron chi connectivity index (χ1n) is 12.7. The van der Waals surface area contributed by atoms with E-state index in [0.29, 0.717) is 24.7 Å². The first kappa shape index (κ1) is 21.6. The lowest BCUT2D eigenvalue weighted by molar-refractivity contribution is -0.145. The zero-order chi connectivity index (χ0) is 24.7. The molecule has 0 atom stereocenters. The molecule has 7 rings (SSSR count). The van der Waals surface area contributed by atoms with Gasteiger partial charge in [0, 0.05) is 23.4 Å². The summed E-state index contributed by atoms with van der Waals surface area (Å²) in [5.41, 5.74) is 10.1. The fourth-order valence-electron chi connectivity index (χ4n) is 5.88. The fourth-order valence-corrected chi connectivity index (χ4v) is 5.88. The third-order valence-electron chi connectivity index (χ3n) is 7.85. The summed E-state index contributed by atoms with van der Waals surface area (Å²) in [6, 6.07) is 12.8. The first-order chi connectivity index (χ1) is 17.3. The maximum atomic E-state index is 13.4. The van der Waals surface area contributed by atoms with E-state index in [1.165, 1.54) is 6.33 Å². The van der Waals surface area contributed by atoms with Gasteiger partial charge in [0.2, 0.25) is 5.91 Å². The monoisotopic (exact) mass is 483 g/mol. The van der Waals surface area contributed by atoms with Crippen molar-refractivity contribution in [1.29, 1.82) is 0 Å². The van der Waals surface area contributed by atoms with E-state index in [-0.39, 0.29) is 11.9 Å². The lowest BCUT2D eigenvalue weighted by atomic mass is 9.56. The summed E-state index contributed by atoms with van der Waals surface area (Å²) in [5, 5.41) is 22.9. The Morgan fingerprint density at radius 1 is 1.11 bits per heavy atom. The highest BCUT2D eigenvalue weighted by Crippen LogP contribution is 2.51. The molecule has 0 aliphatic heterocycles. The molecule has 184 valence electrons. The number of carbonyl (C=O) groups is 1. The van der Waals surface area contributed by atoms with Crippen LogP contribution in [0.25, 0.3) is 28.0 Å². The molecule has 4 N–H and O–H groups in total. The molecule has 3 aliphatic carbocycles. The molecule has 0 unspecified atom stereocenters. The topological polar surface area (TPSA) is 123 Å². The number of rotatable bonds is 6. The molecule has 0 radical (unpaired) electrons. The van der Waals surface area contributed by atoms with Crippen molar-refractivity contribution in [3.05, 3.63) is 54.5 Å². The van der Waals surface area contributed by atoms with Gasteiger partial charge in [-0.25, -0.2) is 9.50 Å². The zero-order valence-corrected chi connectivity index (χ0v) is 20.2. The van der Waals surface area contributed by atoms with E-state index in [4.69, 9.17) is 5.73 Å². The van der Waals surface area contributed by atoms with Crippen molar-refractivity contribution in [1.82, 2.24) is 29.7 Å². The van der Waals surface area contributed by atoms with Crippen LogP contribution in [-0.2, 0) is 10.2 Å². The van der Waals surface area contributed by atoms with Gasteiger partial charge < -0.3 is 16.2 Å². The van der Waals surface area contributed by atoms with Crippen LogP contribution in [0.4, 0.5) is 5.82 Å². The van der Waals surface area contributed by atoms with Crippen molar-refractivity contribution in [3.8, 4) is 22.5 Å². The maximum absolute atomic E-state index is 13.4. The Balaban J connectivity index is 1.35. The van der Waals surface area contributed by atoms with Crippen LogP contribution >= 0.6 is 0 Å². The van der Waals surface area contributed by atoms with Crippen molar-refractivity contribution < 1.29 is 9.90 Å². The summed E-state index contributed by atoms with van der Waals surface area (Å²) in [4.78, 5) is 17.6. The number of nitrogens with zero attached hydrogens (tertiary/aromatic N) is 5. The van der Waals surface area contributed by atoms with Crippen LogP contribution in [0.2, 0.25) is 0 Å². The van der Waals surface area contributed by atoms with Gasteiger partial charge in [0.15, 0.2) is 5.82 Å². The van der Waals surface area contributed by atoms with Crippen LogP contribution in [0, 0.1) is 0 Å². The van der Waals surface area contributed by atoms with Gasteiger partial charge in [-0.15, -0.1) is 0 Å². The summed E-state index contributed by atoms with van der Waals surface area (Å²) < 4.78 is 3.89. The van der Waals surface area contributed by atoms with Gasteiger partial charge >= 0.3 is 0 Å². The number of aliphatic hydroxyl groups is 1. The van der Waals surface area contributed by atoms with E-state index in [1.54, 1.807) is 6.92 Å². The second-order valence-electron chi connectivity index (χ2n) is 11.0. The number of nitrogen functional groups attached to an aromatic ring is 1. The maximum Gasteiger partial charge on any atom is 0.231 e. The van der Waals surface area contributed by atoms with Crippen molar-refractivity contribution in [3.63, 3.8) is 0 Å². The van der Waals surface area contributed by atoms with Crippen LogP contribution in [0.3, 0.4) is 0 Å². The van der Waals surface area contributed by atoms with Crippen molar-refractivity contribution in [2.75, 3.05) is 5.73 Å². The first-order valence-corrected chi connectivity index (χ1v) is 12.7. The van der Waals surface area contributed by atoms with E-state index in [0.717, 1.165) is 59.3 Å². The summed E-state index contributed by atoms with van der Waals surface area (Å²) in [6.07, 6.45) is 8.38. The number of nitrogens with two attached hydrogens (primary N) is 1. The van der Waals surface area contributed by atoms with Crippen LogP contribution in [0.15, 0.2) is 48.9 Å². The largest absolute Gasteiger partial charge is 0.390 e. The van der Waals surface area contributed by atoms with Crippen molar-refractivity contribution in [2.24, 2.45) is 0 Å².